The fourth-order valence-electron chi connectivity index (χ4n) is 2.79. The molecule has 0 aliphatic rings. The van der Waals surface area contributed by atoms with E-state index in [1.54, 1.807) is 19.2 Å². The van der Waals surface area contributed by atoms with E-state index in [4.69, 9.17) is 0 Å². The molecule has 0 unspecified atom stereocenters. The SMILES string of the molecule is Cc1c(C(=O)NCc2ccccc2Cn2cccn2)cccc1[N+](=O)[O-]. The molecule has 0 atom stereocenters. The standard InChI is InChI=1S/C19H18N4O3/c1-14-17(8-4-9-18(14)23(25)26)19(24)20-12-15-6-2-3-7-16(15)13-22-11-5-10-21-22/h2-11H,12-13H2,1H3,(H,20,24). The van der Waals surface area contributed by atoms with Gasteiger partial charge >= 0.3 is 0 Å². The van der Waals surface area contributed by atoms with Gasteiger partial charge in [0.1, 0.15) is 0 Å². The Balaban J connectivity index is 1.75. The minimum absolute atomic E-state index is 0.0586. The highest BCUT2D eigenvalue weighted by Crippen LogP contribution is 2.21. The zero-order valence-electron chi connectivity index (χ0n) is 14.3. The number of nitro groups is 1. The van der Waals surface area contributed by atoms with Crippen molar-refractivity contribution in [3.8, 4) is 0 Å². The van der Waals surface area contributed by atoms with Crippen molar-refractivity contribution in [2.24, 2.45) is 0 Å². The highest BCUT2D eigenvalue weighted by molar-refractivity contribution is 5.96. The molecule has 0 spiro atoms. The third kappa shape index (κ3) is 3.77. The molecule has 3 aromatic rings. The molecule has 0 saturated carbocycles. The van der Waals surface area contributed by atoms with E-state index in [0.717, 1.165) is 11.1 Å². The molecule has 1 aromatic heterocycles. The molecule has 0 radical (unpaired) electrons. The molecule has 26 heavy (non-hydrogen) atoms. The Kier molecular flexibility index (Phi) is 5.07. The highest BCUT2D eigenvalue weighted by atomic mass is 16.6. The number of carbonyl (C=O) groups is 1. The third-order valence-electron chi connectivity index (χ3n) is 4.20. The molecule has 1 heterocycles. The number of rotatable bonds is 6. The van der Waals surface area contributed by atoms with Crippen LogP contribution in [0.5, 0.6) is 0 Å². The lowest BCUT2D eigenvalue weighted by Gasteiger charge is -2.12. The van der Waals surface area contributed by atoms with Gasteiger partial charge in [0.05, 0.1) is 11.5 Å². The van der Waals surface area contributed by atoms with Crippen LogP contribution in [0.1, 0.15) is 27.0 Å². The number of benzene rings is 2. The van der Waals surface area contributed by atoms with Crippen LogP contribution < -0.4 is 5.32 Å². The molecule has 0 saturated heterocycles. The van der Waals surface area contributed by atoms with Gasteiger partial charge in [-0.15, -0.1) is 0 Å². The fourth-order valence-corrected chi connectivity index (χ4v) is 2.79. The van der Waals surface area contributed by atoms with E-state index in [0.29, 0.717) is 24.2 Å². The van der Waals surface area contributed by atoms with Gasteiger partial charge in [-0.3, -0.25) is 19.6 Å². The van der Waals surface area contributed by atoms with Crippen LogP contribution in [0.4, 0.5) is 5.69 Å². The molecule has 132 valence electrons. The van der Waals surface area contributed by atoms with Crippen molar-refractivity contribution in [3.63, 3.8) is 0 Å². The number of hydrogen-bond donors (Lipinski definition) is 1. The summed E-state index contributed by atoms with van der Waals surface area (Å²) in [5, 5.41) is 18.1. The number of hydrogen-bond acceptors (Lipinski definition) is 4. The summed E-state index contributed by atoms with van der Waals surface area (Å²) in [6, 6.07) is 14.1. The summed E-state index contributed by atoms with van der Waals surface area (Å²) in [5.74, 6) is -0.333. The van der Waals surface area contributed by atoms with Gasteiger partial charge in [-0.05, 0) is 30.2 Å². The number of carbonyl (C=O) groups excluding carboxylic acids is 1. The van der Waals surface area contributed by atoms with E-state index in [-0.39, 0.29) is 11.6 Å². The van der Waals surface area contributed by atoms with Crippen LogP contribution >= 0.6 is 0 Å². The molecular weight excluding hydrogens is 332 g/mol. The smallest absolute Gasteiger partial charge is 0.273 e. The summed E-state index contributed by atoms with van der Waals surface area (Å²) in [4.78, 5) is 23.0. The molecular formula is C19H18N4O3. The first-order valence-electron chi connectivity index (χ1n) is 8.12. The van der Waals surface area contributed by atoms with Crippen molar-refractivity contribution < 1.29 is 9.72 Å². The van der Waals surface area contributed by atoms with Gasteiger partial charge in [0.2, 0.25) is 0 Å². The Labute approximate surface area is 150 Å². The first-order valence-corrected chi connectivity index (χ1v) is 8.12. The maximum atomic E-state index is 12.5. The summed E-state index contributed by atoms with van der Waals surface area (Å²) in [7, 11) is 0. The van der Waals surface area contributed by atoms with Crippen LogP contribution in [-0.2, 0) is 13.1 Å². The van der Waals surface area contributed by atoms with E-state index in [1.165, 1.54) is 12.1 Å². The van der Waals surface area contributed by atoms with Crippen molar-refractivity contribution in [2.75, 3.05) is 0 Å². The maximum absolute atomic E-state index is 12.5. The molecule has 0 aliphatic carbocycles. The second kappa shape index (κ2) is 7.60. The monoisotopic (exact) mass is 350 g/mol. The summed E-state index contributed by atoms with van der Waals surface area (Å²) < 4.78 is 1.81. The van der Waals surface area contributed by atoms with E-state index in [2.05, 4.69) is 10.4 Å². The predicted molar refractivity (Wildman–Crippen MR) is 96.8 cm³/mol. The number of nitro benzene ring substituents is 1. The van der Waals surface area contributed by atoms with Gasteiger partial charge in [-0.25, -0.2) is 0 Å². The normalized spacial score (nSPS) is 10.5. The minimum Gasteiger partial charge on any atom is -0.348 e. The van der Waals surface area contributed by atoms with Gasteiger partial charge in [-0.1, -0.05) is 30.3 Å². The first-order chi connectivity index (χ1) is 12.6. The second-order valence-electron chi connectivity index (χ2n) is 5.86. The summed E-state index contributed by atoms with van der Waals surface area (Å²) >= 11 is 0. The number of aromatic nitrogens is 2. The molecule has 0 bridgehead atoms. The van der Waals surface area contributed by atoms with E-state index < -0.39 is 4.92 Å². The maximum Gasteiger partial charge on any atom is 0.273 e. The Morgan fingerprint density at radius 1 is 1.15 bits per heavy atom. The van der Waals surface area contributed by atoms with Gasteiger partial charge in [0.25, 0.3) is 11.6 Å². The van der Waals surface area contributed by atoms with Gasteiger partial charge < -0.3 is 5.32 Å². The van der Waals surface area contributed by atoms with Crippen molar-refractivity contribution >= 4 is 11.6 Å². The molecule has 3 rings (SSSR count). The van der Waals surface area contributed by atoms with Crippen LogP contribution in [0.3, 0.4) is 0 Å². The van der Waals surface area contributed by atoms with Crippen LogP contribution in [0.25, 0.3) is 0 Å². The van der Waals surface area contributed by atoms with Gasteiger partial charge in [0.15, 0.2) is 0 Å². The van der Waals surface area contributed by atoms with Gasteiger partial charge in [0, 0.05) is 36.1 Å². The van der Waals surface area contributed by atoms with Crippen LogP contribution in [0.2, 0.25) is 0 Å². The van der Waals surface area contributed by atoms with Crippen LogP contribution in [0, 0.1) is 17.0 Å². The molecule has 0 fully saturated rings. The molecule has 1 N–H and O–H groups in total. The fraction of sp³-hybridized carbons (Fsp3) is 0.158. The third-order valence-corrected chi connectivity index (χ3v) is 4.20. The van der Waals surface area contributed by atoms with Crippen molar-refractivity contribution in [3.05, 3.63) is 93.3 Å². The summed E-state index contributed by atoms with van der Waals surface area (Å²) in [5.41, 5.74) is 2.63. The minimum atomic E-state index is -0.481. The lowest BCUT2D eigenvalue weighted by atomic mass is 10.0. The molecule has 7 nitrogen and oxygen atoms in total. The molecule has 2 aromatic carbocycles. The average molecular weight is 350 g/mol. The second-order valence-corrected chi connectivity index (χ2v) is 5.86. The average Bonchev–Trinajstić information content (AvgIpc) is 3.13. The molecule has 0 aliphatic heterocycles. The number of nitrogens with one attached hydrogen (secondary N) is 1. The quantitative estimate of drug-likeness (QED) is 0.546. The zero-order chi connectivity index (χ0) is 18.5. The predicted octanol–water partition coefficient (Wildman–Crippen LogP) is 3.08. The summed E-state index contributed by atoms with van der Waals surface area (Å²) in [6.45, 7) is 2.52. The van der Waals surface area contributed by atoms with Crippen molar-refractivity contribution in [2.45, 2.75) is 20.0 Å². The van der Waals surface area contributed by atoms with Gasteiger partial charge in [-0.2, -0.15) is 5.10 Å². The zero-order valence-corrected chi connectivity index (χ0v) is 14.3. The van der Waals surface area contributed by atoms with E-state index >= 15 is 0 Å². The summed E-state index contributed by atoms with van der Waals surface area (Å²) in [6.07, 6.45) is 3.59. The lowest BCUT2D eigenvalue weighted by Crippen LogP contribution is -2.24. The Morgan fingerprint density at radius 2 is 1.92 bits per heavy atom. The topological polar surface area (TPSA) is 90.1 Å². The Hall–Kier alpha value is -3.48. The van der Waals surface area contributed by atoms with Crippen molar-refractivity contribution in [1.82, 2.24) is 15.1 Å². The lowest BCUT2D eigenvalue weighted by molar-refractivity contribution is -0.385. The van der Waals surface area contributed by atoms with Crippen LogP contribution in [0.15, 0.2) is 60.9 Å². The van der Waals surface area contributed by atoms with Crippen molar-refractivity contribution in [1.29, 1.82) is 0 Å². The number of amides is 1. The number of nitrogens with zero attached hydrogens (tertiary/aromatic N) is 3. The molecule has 7 heteroatoms. The largest absolute Gasteiger partial charge is 0.348 e. The highest BCUT2D eigenvalue weighted by Gasteiger charge is 2.17. The first kappa shape index (κ1) is 17.3. The van der Waals surface area contributed by atoms with Crippen LogP contribution in [-0.4, -0.2) is 20.6 Å². The Bertz CT molecular complexity index is 936. The Morgan fingerprint density at radius 3 is 2.62 bits per heavy atom. The van der Waals surface area contributed by atoms with E-state index in [1.807, 2.05) is 41.2 Å². The molecule has 1 amide bonds. The van der Waals surface area contributed by atoms with E-state index in [9.17, 15) is 14.9 Å².